The van der Waals surface area contributed by atoms with Crippen LogP contribution in [0.4, 0.5) is 0 Å². The standard InChI is InChI=1S/C32H42N4O5/c1-23-12-13-26(27(19-23)40-3)41-18-14-25-20-33-16-17-35(25)31(37)29-30(24-9-5-4-6-10-24)36(22-34-29)28-11-7-8-15-32(28,38)21-39-2/h4-6,9-10,12-13,19,22,25,28,33,38H,7-8,11,14-18,20-21H2,1-3H3/t25-,28-,32?/m1/s1. The molecule has 1 aliphatic heterocycles. The van der Waals surface area contributed by atoms with Crippen molar-refractivity contribution in [3.05, 3.63) is 66.1 Å². The lowest BCUT2D eigenvalue weighted by Gasteiger charge is -2.41. The second-order valence-electron chi connectivity index (χ2n) is 11.2. The number of rotatable bonds is 10. The molecule has 1 aromatic heterocycles. The van der Waals surface area contributed by atoms with Crippen LogP contribution in [0.2, 0.25) is 0 Å². The Morgan fingerprint density at radius 3 is 2.76 bits per heavy atom. The first-order valence-electron chi connectivity index (χ1n) is 14.6. The summed E-state index contributed by atoms with van der Waals surface area (Å²) in [5.74, 6) is 1.29. The molecule has 2 fully saturated rings. The highest BCUT2D eigenvalue weighted by Gasteiger charge is 2.42. The van der Waals surface area contributed by atoms with E-state index in [1.54, 1.807) is 20.5 Å². The maximum absolute atomic E-state index is 14.2. The van der Waals surface area contributed by atoms with Gasteiger partial charge in [0.15, 0.2) is 17.2 Å². The van der Waals surface area contributed by atoms with E-state index >= 15 is 0 Å². The van der Waals surface area contributed by atoms with Crippen LogP contribution in [-0.4, -0.2) is 84.2 Å². The van der Waals surface area contributed by atoms with E-state index in [2.05, 4.69) is 5.32 Å². The summed E-state index contributed by atoms with van der Waals surface area (Å²) in [5, 5.41) is 15.1. The number of benzene rings is 2. The second-order valence-corrected chi connectivity index (χ2v) is 11.2. The van der Waals surface area contributed by atoms with Gasteiger partial charge in [-0.2, -0.15) is 0 Å². The van der Waals surface area contributed by atoms with Crippen LogP contribution in [-0.2, 0) is 4.74 Å². The topological polar surface area (TPSA) is 98.1 Å². The Labute approximate surface area is 242 Å². The molecule has 2 aromatic carbocycles. The molecule has 2 N–H and O–H groups in total. The van der Waals surface area contributed by atoms with Crippen molar-refractivity contribution in [2.75, 3.05) is 47.1 Å². The molecule has 1 saturated carbocycles. The highest BCUT2D eigenvalue weighted by atomic mass is 16.5. The van der Waals surface area contributed by atoms with Gasteiger partial charge in [0, 0.05) is 44.8 Å². The highest BCUT2D eigenvalue weighted by Crippen LogP contribution is 2.41. The number of nitrogens with zero attached hydrogens (tertiary/aromatic N) is 3. The predicted molar refractivity (Wildman–Crippen MR) is 158 cm³/mol. The normalized spacial score (nSPS) is 22.9. The van der Waals surface area contributed by atoms with Crippen molar-refractivity contribution >= 4 is 5.91 Å². The Morgan fingerprint density at radius 1 is 1.15 bits per heavy atom. The van der Waals surface area contributed by atoms with Crippen LogP contribution < -0.4 is 14.8 Å². The highest BCUT2D eigenvalue weighted by molar-refractivity contribution is 5.98. The number of aromatic nitrogens is 2. The Balaban J connectivity index is 1.41. The Bertz CT molecular complexity index is 1310. The smallest absolute Gasteiger partial charge is 0.275 e. The van der Waals surface area contributed by atoms with Gasteiger partial charge >= 0.3 is 0 Å². The quantitative estimate of drug-likeness (QED) is 0.381. The summed E-state index contributed by atoms with van der Waals surface area (Å²) in [4.78, 5) is 20.9. The van der Waals surface area contributed by atoms with Crippen molar-refractivity contribution in [3.8, 4) is 22.8 Å². The van der Waals surface area contributed by atoms with Gasteiger partial charge < -0.3 is 34.1 Å². The summed E-state index contributed by atoms with van der Waals surface area (Å²) in [6, 6.07) is 15.5. The minimum atomic E-state index is -1.02. The zero-order valence-electron chi connectivity index (χ0n) is 24.3. The van der Waals surface area contributed by atoms with Gasteiger partial charge in [-0.3, -0.25) is 4.79 Å². The average Bonchev–Trinajstić information content (AvgIpc) is 3.43. The number of methoxy groups -OCH3 is 2. The second kappa shape index (κ2) is 13.1. The van der Waals surface area contributed by atoms with E-state index in [0.717, 1.165) is 36.1 Å². The van der Waals surface area contributed by atoms with Gasteiger partial charge in [-0.25, -0.2) is 4.98 Å². The molecule has 0 radical (unpaired) electrons. The summed E-state index contributed by atoms with van der Waals surface area (Å²) in [6.07, 6.45) is 5.77. The zero-order valence-corrected chi connectivity index (χ0v) is 24.3. The minimum absolute atomic E-state index is 0.0541. The molecule has 3 aromatic rings. The van der Waals surface area contributed by atoms with Crippen LogP contribution in [0.25, 0.3) is 11.3 Å². The summed E-state index contributed by atoms with van der Waals surface area (Å²) in [6.45, 7) is 4.67. The van der Waals surface area contributed by atoms with Crippen molar-refractivity contribution in [3.63, 3.8) is 0 Å². The van der Waals surface area contributed by atoms with Gasteiger partial charge in [0.1, 0.15) is 5.60 Å². The Hall–Kier alpha value is -3.40. The monoisotopic (exact) mass is 562 g/mol. The average molecular weight is 563 g/mol. The predicted octanol–water partition coefficient (Wildman–Crippen LogP) is 4.24. The third-order valence-electron chi connectivity index (χ3n) is 8.37. The van der Waals surface area contributed by atoms with Crippen LogP contribution in [0.3, 0.4) is 0 Å². The Kier molecular flexibility index (Phi) is 9.27. The molecule has 1 saturated heterocycles. The molecule has 9 heteroatoms. The molecule has 220 valence electrons. The lowest BCUT2D eigenvalue weighted by Crippen LogP contribution is -2.54. The molecule has 1 aliphatic carbocycles. The molecule has 1 amide bonds. The fraction of sp³-hybridized carbons (Fsp3) is 0.500. The number of hydrogen-bond donors (Lipinski definition) is 2. The van der Waals surface area contributed by atoms with Gasteiger partial charge in [0.05, 0.1) is 38.4 Å². The van der Waals surface area contributed by atoms with Crippen LogP contribution in [0.15, 0.2) is 54.9 Å². The molecular formula is C32H42N4O5. The maximum atomic E-state index is 14.2. The summed E-state index contributed by atoms with van der Waals surface area (Å²) in [7, 11) is 3.26. The molecule has 9 nitrogen and oxygen atoms in total. The molecule has 2 heterocycles. The lowest BCUT2D eigenvalue weighted by atomic mass is 9.80. The third-order valence-corrected chi connectivity index (χ3v) is 8.37. The molecule has 41 heavy (non-hydrogen) atoms. The lowest BCUT2D eigenvalue weighted by molar-refractivity contribution is -0.0893. The number of ether oxygens (including phenoxy) is 3. The van der Waals surface area contributed by atoms with Gasteiger partial charge in [-0.15, -0.1) is 0 Å². The van der Waals surface area contributed by atoms with Crippen molar-refractivity contribution in [1.82, 2.24) is 19.8 Å². The van der Waals surface area contributed by atoms with Crippen LogP contribution in [0.5, 0.6) is 11.5 Å². The summed E-state index contributed by atoms with van der Waals surface area (Å²) < 4.78 is 19.0. The van der Waals surface area contributed by atoms with E-state index < -0.39 is 5.60 Å². The van der Waals surface area contributed by atoms with E-state index in [1.165, 1.54) is 0 Å². The van der Waals surface area contributed by atoms with Gasteiger partial charge in [0.2, 0.25) is 0 Å². The van der Waals surface area contributed by atoms with E-state index in [0.29, 0.717) is 56.3 Å². The largest absolute Gasteiger partial charge is 0.493 e. The van der Waals surface area contributed by atoms with Gasteiger partial charge in [-0.05, 0) is 37.5 Å². The van der Waals surface area contributed by atoms with E-state index in [1.807, 2.05) is 64.9 Å². The van der Waals surface area contributed by atoms with Crippen molar-refractivity contribution in [1.29, 1.82) is 0 Å². The van der Waals surface area contributed by atoms with Gasteiger partial charge in [0.25, 0.3) is 5.91 Å². The molecule has 0 bridgehead atoms. The number of amides is 1. The summed E-state index contributed by atoms with van der Waals surface area (Å²) in [5.41, 5.74) is 2.14. The molecule has 0 spiro atoms. The molecule has 3 atom stereocenters. The minimum Gasteiger partial charge on any atom is -0.493 e. The van der Waals surface area contributed by atoms with E-state index in [4.69, 9.17) is 19.2 Å². The first kappa shape index (κ1) is 29.1. The molecule has 1 unspecified atom stereocenters. The molecule has 2 aliphatic rings. The molecular weight excluding hydrogens is 520 g/mol. The van der Waals surface area contributed by atoms with E-state index in [9.17, 15) is 9.90 Å². The number of carbonyl (C=O) groups is 1. The van der Waals surface area contributed by atoms with Crippen molar-refractivity contribution < 1.29 is 24.1 Å². The number of aryl methyl sites for hydroxylation is 1. The number of piperazine rings is 1. The number of nitrogens with one attached hydrogen (secondary N) is 1. The zero-order chi connectivity index (χ0) is 28.8. The number of hydrogen-bond acceptors (Lipinski definition) is 7. The Morgan fingerprint density at radius 2 is 1.98 bits per heavy atom. The van der Waals surface area contributed by atoms with Gasteiger partial charge in [-0.1, -0.05) is 49.2 Å². The fourth-order valence-corrected chi connectivity index (χ4v) is 6.28. The maximum Gasteiger partial charge on any atom is 0.275 e. The number of imidazole rings is 1. The van der Waals surface area contributed by atoms with Crippen molar-refractivity contribution in [2.45, 2.75) is 56.7 Å². The van der Waals surface area contributed by atoms with Crippen molar-refractivity contribution in [2.24, 2.45) is 0 Å². The molecule has 5 rings (SSSR count). The summed E-state index contributed by atoms with van der Waals surface area (Å²) >= 11 is 0. The first-order chi connectivity index (χ1) is 19.9. The fourth-order valence-electron chi connectivity index (χ4n) is 6.28. The van der Waals surface area contributed by atoms with Crippen LogP contribution in [0, 0.1) is 6.92 Å². The van der Waals surface area contributed by atoms with E-state index in [-0.39, 0.29) is 24.6 Å². The first-order valence-corrected chi connectivity index (χ1v) is 14.6. The SMILES string of the molecule is COCC1(O)CCCC[C@H]1n1cnc(C(=O)N2CCNC[C@H]2CCOc2ccc(C)cc2OC)c1-c1ccccc1. The van der Waals surface area contributed by atoms with Crippen LogP contribution in [0.1, 0.15) is 54.2 Å². The van der Waals surface area contributed by atoms with Crippen LogP contribution >= 0.6 is 0 Å². The number of aliphatic hydroxyl groups is 1. The third kappa shape index (κ3) is 6.27. The number of carbonyl (C=O) groups excluding carboxylic acids is 1.